The SMILES string of the molecule is CC(C)Cn1c(CN2C[C@@H](C)O[C@@H](C)C2)nc2c1c(=O)[nH]c(=O)n2C. The van der Waals surface area contributed by atoms with E-state index in [-0.39, 0.29) is 17.8 Å². The first-order chi connectivity index (χ1) is 11.8. The highest BCUT2D eigenvalue weighted by Gasteiger charge is 2.25. The smallest absolute Gasteiger partial charge is 0.329 e. The van der Waals surface area contributed by atoms with E-state index in [0.29, 0.717) is 30.2 Å². The number of nitrogens with one attached hydrogen (secondary N) is 1. The Morgan fingerprint density at radius 1 is 1.24 bits per heavy atom. The molecule has 0 unspecified atom stereocenters. The highest BCUT2D eigenvalue weighted by atomic mass is 16.5. The minimum atomic E-state index is -0.438. The lowest BCUT2D eigenvalue weighted by Gasteiger charge is -2.35. The maximum Gasteiger partial charge on any atom is 0.329 e. The van der Waals surface area contributed by atoms with Gasteiger partial charge in [0.05, 0.1) is 18.8 Å². The Kier molecular flexibility index (Phi) is 4.83. The van der Waals surface area contributed by atoms with Gasteiger partial charge in [0.15, 0.2) is 11.2 Å². The first-order valence-corrected chi connectivity index (χ1v) is 8.82. The van der Waals surface area contributed by atoms with E-state index in [2.05, 4.69) is 42.6 Å². The van der Waals surface area contributed by atoms with E-state index < -0.39 is 5.69 Å². The average molecular weight is 349 g/mol. The summed E-state index contributed by atoms with van der Waals surface area (Å²) in [5.74, 6) is 1.17. The van der Waals surface area contributed by atoms with Crippen LogP contribution in [0.5, 0.6) is 0 Å². The number of hydrogen-bond donors (Lipinski definition) is 1. The molecule has 1 N–H and O–H groups in total. The predicted molar refractivity (Wildman–Crippen MR) is 95.7 cm³/mol. The van der Waals surface area contributed by atoms with Crippen molar-refractivity contribution in [1.82, 2.24) is 24.0 Å². The molecule has 1 saturated heterocycles. The number of ether oxygens (including phenoxy) is 1. The van der Waals surface area contributed by atoms with Crippen molar-refractivity contribution in [3.63, 3.8) is 0 Å². The van der Waals surface area contributed by atoms with E-state index in [1.54, 1.807) is 7.05 Å². The minimum Gasteiger partial charge on any atom is -0.373 e. The third-order valence-electron chi connectivity index (χ3n) is 4.49. The molecule has 138 valence electrons. The number of aromatic amines is 1. The average Bonchev–Trinajstić information content (AvgIpc) is 2.82. The molecule has 0 radical (unpaired) electrons. The van der Waals surface area contributed by atoms with Gasteiger partial charge in [-0.2, -0.15) is 0 Å². The molecule has 0 amide bonds. The van der Waals surface area contributed by atoms with Crippen LogP contribution in [0.3, 0.4) is 0 Å². The Hall–Kier alpha value is -1.93. The molecule has 8 heteroatoms. The van der Waals surface area contributed by atoms with Gasteiger partial charge in [0.1, 0.15) is 5.82 Å². The molecule has 2 atom stereocenters. The summed E-state index contributed by atoms with van der Waals surface area (Å²) in [6.07, 6.45) is 0.332. The molecule has 0 aromatic carbocycles. The van der Waals surface area contributed by atoms with Crippen LogP contribution < -0.4 is 11.2 Å². The first-order valence-electron chi connectivity index (χ1n) is 8.82. The van der Waals surface area contributed by atoms with Crippen LogP contribution in [-0.4, -0.2) is 49.3 Å². The lowest BCUT2D eigenvalue weighted by atomic mass is 10.2. The number of nitrogens with zero attached hydrogens (tertiary/aromatic N) is 4. The second kappa shape index (κ2) is 6.76. The molecule has 3 rings (SSSR count). The van der Waals surface area contributed by atoms with Crippen molar-refractivity contribution in [2.75, 3.05) is 13.1 Å². The summed E-state index contributed by atoms with van der Waals surface area (Å²) in [4.78, 5) is 33.6. The summed E-state index contributed by atoms with van der Waals surface area (Å²) in [6.45, 7) is 11.3. The number of hydrogen-bond acceptors (Lipinski definition) is 5. The monoisotopic (exact) mass is 349 g/mol. The summed E-state index contributed by atoms with van der Waals surface area (Å²) in [6, 6.07) is 0. The third-order valence-corrected chi connectivity index (χ3v) is 4.49. The van der Waals surface area contributed by atoms with Gasteiger partial charge in [0, 0.05) is 26.7 Å². The number of aromatic nitrogens is 4. The molecule has 3 heterocycles. The first kappa shape index (κ1) is 17.9. The van der Waals surface area contributed by atoms with E-state index in [1.165, 1.54) is 4.57 Å². The molecule has 1 aliphatic heterocycles. The summed E-state index contributed by atoms with van der Waals surface area (Å²) in [5.41, 5.74) is 0.104. The van der Waals surface area contributed by atoms with Crippen LogP contribution in [0, 0.1) is 5.92 Å². The zero-order valence-corrected chi connectivity index (χ0v) is 15.6. The largest absolute Gasteiger partial charge is 0.373 e. The molecular weight excluding hydrogens is 322 g/mol. The van der Waals surface area contributed by atoms with E-state index in [0.717, 1.165) is 18.9 Å². The van der Waals surface area contributed by atoms with Crippen LogP contribution in [0.4, 0.5) is 0 Å². The Bertz CT molecular complexity index is 869. The van der Waals surface area contributed by atoms with Gasteiger partial charge in [-0.05, 0) is 19.8 Å². The number of rotatable bonds is 4. The molecule has 8 nitrogen and oxygen atoms in total. The maximum absolute atomic E-state index is 12.4. The van der Waals surface area contributed by atoms with Crippen molar-refractivity contribution in [3.05, 3.63) is 26.7 Å². The number of H-pyrrole nitrogens is 1. The second-order valence-electron chi connectivity index (χ2n) is 7.47. The van der Waals surface area contributed by atoms with Crippen LogP contribution in [0.1, 0.15) is 33.5 Å². The quantitative estimate of drug-likeness (QED) is 0.878. The number of aryl methyl sites for hydroxylation is 1. The topological polar surface area (TPSA) is 85.2 Å². The Labute approximate surface area is 146 Å². The van der Waals surface area contributed by atoms with Gasteiger partial charge in [-0.25, -0.2) is 9.78 Å². The molecule has 0 aliphatic carbocycles. The Morgan fingerprint density at radius 3 is 2.48 bits per heavy atom. The van der Waals surface area contributed by atoms with Crippen molar-refractivity contribution in [2.24, 2.45) is 13.0 Å². The lowest BCUT2D eigenvalue weighted by Crippen LogP contribution is -2.45. The Balaban J connectivity index is 2.07. The highest BCUT2D eigenvalue weighted by Crippen LogP contribution is 2.18. The summed E-state index contributed by atoms with van der Waals surface area (Å²) >= 11 is 0. The van der Waals surface area contributed by atoms with E-state index in [4.69, 9.17) is 4.74 Å². The molecular formula is C17H27N5O3. The lowest BCUT2D eigenvalue weighted by molar-refractivity contribution is -0.0712. The fraction of sp³-hybridized carbons (Fsp3) is 0.706. The van der Waals surface area contributed by atoms with Crippen LogP contribution in [0.25, 0.3) is 11.2 Å². The van der Waals surface area contributed by atoms with Crippen molar-refractivity contribution < 1.29 is 4.74 Å². The van der Waals surface area contributed by atoms with Gasteiger partial charge in [0.25, 0.3) is 5.56 Å². The van der Waals surface area contributed by atoms with Gasteiger partial charge in [-0.15, -0.1) is 0 Å². The molecule has 0 saturated carbocycles. The van der Waals surface area contributed by atoms with Gasteiger partial charge in [-0.3, -0.25) is 19.2 Å². The van der Waals surface area contributed by atoms with Crippen LogP contribution in [-0.2, 0) is 24.9 Å². The fourth-order valence-corrected chi connectivity index (χ4v) is 3.58. The summed E-state index contributed by atoms with van der Waals surface area (Å²) < 4.78 is 9.16. The van der Waals surface area contributed by atoms with Crippen molar-refractivity contribution in [3.8, 4) is 0 Å². The molecule has 25 heavy (non-hydrogen) atoms. The fourth-order valence-electron chi connectivity index (χ4n) is 3.58. The molecule has 1 aliphatic rings. The molecule has 2 aromatic rings. The van der Waals surface area contributed by atoms with Gasteiger partial charge < -0.3 is 9.30 Å². The summed E-state index contributed by atoms with van der Waals surface area (Å²) in [7, 11) is 1.63. The standard InChI is InChI=1S/C17H27N5O3/c1-10(2)6-22-13(9-21-7-11(3)25-12(4)8-21)18-15-14(22)16(23)19-17(24)20(15)5/h10-12H,6-9H2,1-5H3,(H,19,23,24)/t11-,12+. The van der Waals surface area contributed by atoms with Gasteiger partial charge in [-0.1, -0.05) is 13.8 Å². The molecule has 0 bridgehead atoms. The second-order valence-corrected chi connectivity index (χ2v) is 7.47. The summed E-state index contributed by atoms with van der Waals surface area (Å²) in [5, 5.41) is 0. The number of fused-ring (bicyclic) bond motifs is 1. The number of morpholine rings is 1. The van der Waals surface area contributed by atoms with Crippen LogP contribution >= 0.6 is 0 Å². The number of imidazole rings is 1. The molecule has 1 fully saturated rings. The third kappa shape index (κ3) is 3.55. The Morgan fingerprint density at radius 2 is 1.88 bits per heavy atom. The highest BCUT2D eigenvalue weighted by molar-refractivity contribution is 5.70. The minimum absolute atomic E-state index is 0.166. The van der Waals surface area contributed by atoms with Crippen LogP contribution in [0.2, 0.25) is 0 Å². The maximum atomic E-state index is 12.4. The normalized spacial score (nSPS) is 22.2. The van der Waals surface area contributed by atoms with Crippen molar-refractivity contribution >= 4 is 11.2 Å². The van der Waals surface area contributed by atoms with E-state index >= 15 is 0 Å². The molecule has 0 spiro atoms. The molecule has 2 aromatic heterocycles. The zero-order valence-electron chi connectivity index (χ0n) is 15.6. The van der Waals surface area contributed by atoms with Gasteiger partial charge in [0.2, 0.25) is 0 Å². The van der Waals surface area contributed by atoms with E-state index in [9.17, 15) is 9.59 Å². The van der Waals surface area contributed by atoms with E-state index in [1.807, 2.05) is 4.57 Å². The van der Waals surface area contributed by atoms with Crippen molar-refractivity contribution in [1.29, 1.82) is 0 Å². The zero-order chi connectivity index (χ0) is 18.3. The van der Waals surface area contributed by atoms with Crippen LogP contribution in [0.15, 0.2) is 9.59 Å². The predicted octanol–water partition coefficient (Wildman–Crippen LogP) is 0.689. The van der Waals surface area contributed by atoms with Crippen molar-refractivity contribution in [2.45, 2.75) is 53.0 Å². The van der Waals surface area contributed by atoms with Gasteiger partial charge >= 0.3 is 5.69 Å².